The van der Waals surface area contributed by atoms with Gasteiger partial charge in [-0.15, -0.1) is 0 Å². The maximum absolute atomic E-state index is 13.1. The molecule has 0 saturated heterocycles. The Morgan fingerprint density at radius 2 is 1.69 bits per heavy atom. The second-order valence-electron chi connectivity index (χ2n) is 7.78. The fourth-order valence-electron chi connectivity index (χ4n) is 3.37. The van der Waals surface area contributed by atoms with Crippen molar-refractivity contribution >= 4 is 23.2 Å². The molecule has 0 atom stereocenters. The number of nitrogens with one attached hydrogen (secondary N) is 2. The molecular weight excluding hydrogens is 459 g/mol. The van der Waals surface area contributed by atoms with Gasteiger partial charge in [-0.05, 0) is 31.0 Å². The first-order valence-corrected chi connectivity index (χ1v) is 10.8. The van der Waals surface area contributed by atoms with E-state index < -0.39 is 17.6 Å². The summed E-state index contributed by atoms with van der Waals surface area (Å²) in [6, 6.07) is 8.09. The van der Waals surface area contributed by atoms with Crippen LogP contribution in [-0.2, 0) is 23.9 Å². The molecular formula is C24H22F3N7O. The van der Waals surface area contributed by atoms with E-state index in [0.29, 0.717) is 11.5 Å². The number of aryl methyl sites for hydroxylation is 2. The van der Waals surface area contributed by atoms with E-state index in [2.05, 4.69) is 30.7 Å². The Morgan fingerprint density at radius 1 is 0.971 bits per heavy atom. The number of amides is 1. The molecule has 0 fully saturated rings. The fraction of sp³-hybridized carbons (Fsp3) is 0.208. The molecule has 3 aromatic heterocycles. The minimum atomic E-state index is -4.54. The summed E-state index contributed by atoms with van der Waals surface area (Å²) in [5, 5.41) is 9.75. The van der Waals surface area contributed by atoms with E-state index in [1.54, 1.807) is 35.4 Å². The summed E-state index contributed by atoms with van der Waals surface area (Å²) >= 11 is 0. The molecule has 1 aromatic carbocycles. The van der Waals surface area contributed by atoms with Gasteiger partial charge in [0.2, 0.25) is 11.9 Å². The summed E-state index contributed by atoms with van der Waals surface area (Å²) in [4.78, 5) is 24.7. The van der Waals surface area contributed by atoms with Gasteiger partial charge in [-0.2, -0.15) is 18.3 Å². The van der Waals surface area contributed by atoms with Crippen LogP contribution in [-0.4, -0.2) is 30.6 Å². The number of carbonyl (C=O) groups excluding carboxylic acids is 1. The minimum absolute atomic E-state index is 0.000306. The molecule has 3 heterocycles. The molecule has 0 bridgehead atoms. The number of benzene rings is 1. The van der Waals surface area contributed by atoms with Gasteiger partial charge in [0.05, 0.1) is 35.8 Å². The first-order valence-electron chi connectivity index (χ1n) is 10.8. The Labute approximate surface area is 199 Å². The average molecular weight is 481 g/mol. The van der Waals surface area contributed by atoms with Crippen molar-refractivity contribution in [3.63, 3.8) is 0 Å². The number of aromatic nitrogens is 5. The summed E-state index contributed by atoms with van der Waals surface area (Å²) in [5.41, 5.74) is 2.12. The van der Waals surface area contributed by atoms with E-state index in [4.69, 9.17) is 0 Å². The molecule has 0 aliphatic rings. The first-order chi connectivity index (χ1) is 16.7. The van der Waals surface area contributed by atoms with Crippen molar-refractivity contribution in [1.29, 1.82) is 0 Å². The first kappa shape index (κ1) is 23.9. The summed E-state index contributed by atoms with van der Waals surface area (Å²) in [5.74, 6) is -0.00125. The lowest BCUT2D eigenvalue weighted by Crippen LogP contribution is -2.16. The number of carbonyl (C=O) groups is 1. The number of halogens is 3. The van der Waals surface area contributed by atoms with Crippen LogP contribution in [0.1, 0.15) is 23.7 Å². The predicted molar refractivity (Wildman–Crippen MR) is 125 cm³/mol. The highest BCUT2D eigenvalue weighted by Crippen LogP contribution is 2.32. The number of anilines is 3. The zero-order valence-electron chi connectivity index (χ0n) is 19.0. The molecule has 0 unspecified atom stereocenters. The van der Waals surface area contributed by atoms with Crippen LogP contribution in [0.25, 0.3) is 11.1 Å². The van der Waals surface area contributed by atoms with E-state index >= 15 is 0 Å². The molecule has 2 N–H and O–H groups in total. The quantitative estimate of drug-likeness (QED) is 0.385. The number of hydrogen-bond acceptors (Lipinski definition) is 6. The van der Waals surface area contributed by atoms with Crippen molar-refractivity contribution in [2.45, 2.75) is 33.0 Å². The van der Waals surface area contributed by atoms with Gasteiger partial charge in [-0.3, -0.25) is 14.5 Å². The van der Waals surface area contributed by atoms with Crippen LogP contribution in [0.5, 0.6) is 0 Å². The van der Waals surface area contributed by atoms with Crippen molar-refractivity contribution in [2.75, 3.05) is 10.6 Å². The average Bonchev–Trinajstić information content (AvgIpc) is 3.28. The molecule has 8 nitrogen and oxygen atoms in total. The summed E-state index contributed by atoms with van der Waals surface area (Å²) < 4.78 is 41.0. The molecule has 35 heavy (non-hydrogen) atoms. The third kappa shape index (κ3) is 5.99. The second-order valence-corrected chi connectivity index (χ2v) is 7.78. The van der Waals surface area contributed by atoms with Crippen LogP contribution in [0, 0.1) is 6.92 Å². The Kier molecular flexibility index (Phi) is 6.76. The number of alkyl halides is 3. The van der Waals surface area contributed by atoms with Crippen LogP contribution in [0.15, 0.2) is 61.3 Å². The highest BCUT2D eigenvalue weighted by molar-refractivity contribution is 5.92. The summed E-state index contributed by atoms with van der Waals surface area (Å²) in [6.45, 7) is 4.03. The molecule has 0 spiro atoms. The Hall–Kier alpha value is -4.28. The zero-order chi connectivity index (χ0) is 25.0. The molecule has 4 rings (SSSR count). The molecule has 4 aromatic rings. The normalized spacial score (nSPS) is 11.3. The van der Waals surface area contributed by atoms with Gasteiger partial charge in [0, 0.05) is 36.4 Å². The highest BCUT2D eigenvalue weighted by Gasteiger charge is 2.33. The maximum Gasteiger partial charge on any atom is 0.418 e. The number of rotatable bonds is 7. The fourth-order valence-corrected chi connectivity index (χ4v) is 3.37. The van der Waals surface area contributed by atoms with Gasteiger partial charge in [-0.1, -0.05) is 24.3 Å². The van der Waals surface area contributed by atoms with Crippen LogP contribution in [0.2, 0.25) is 0 Å². The van der Waals surface area contributed by atoms with Crippen LogP contribution in [0.4, 0.5) is 30.5 Å². The van der Waals surface area contributed by atoms with Crippen molar-refractivity contribution in [3.05, 3.63) is 78.1 Å². The SMILES string of the molecule is CCn1cc(Nc2ncc(-c3ccc(CC(=O)Nc4cnc(C)c(C(F)(F)F)c4)cc3)cn2)cn1. The standard InChI is InChI=1S/C24H22F3N7O/c1-3-34-14-20(13-31-34)33-23-29-10-18(11-30-23)17-6-4-16(5-7-17)8-22(35)32-19-9-21(24(25,26)27)15(2)28-12-19/h4-7,9-14H,3,8H2,1-2H3,(H,32,35)(H,29,30,33). The monoisotopic (exact) mass is 481 g/mol. The Balaban J connectivity index is 1.37. The smallest absolute Gasteiger partial charge is 0.324 e. The molecule has 0 saturated carbocycles. The molecule has 0 radical (unpaired) electrons. The van der Waals surface area contributed by atoms with E-state index in [-0.39, 0.29) is 17.8 Å². The van der Waals surface area contributed by atoms with Gasteiger partial charge in [0.15, 0.2) is 0 Å². The summed E-state index contributed by atoms with van der Waals surface area (Å²) in [7, 11) is 0. The van der Waals surface area contributed by atoms with E-state index in [9.17, 15) is 18.0 Å². The number of nitrogens with zero attached hydrogens (tertiary/aromatic N) is 5. The van der Waals surface area contributed by atoms with Crippen LogP contribution < -0.4 is 10.6 Å². The van der Waals surface area contributed by atoms with Crippen molar-refractivity contribution in [2.24, 2.45) is 0 Å². The number of pyridine rings is 1. The Bertz CT molecular complexity index is 1320. The van der Waals surface area contributed by atoms with Gasteiger partial charge in [-0.25, -0.2) is 9.97 Å². The molecule has 0 aliphatic carbocycles. The molecule has 11 heteroatoms. The Morgan fingerprint density at radius 3 is 2.31 bits per heavy atom. The lowest BCUT2D eigenvalue weighted by Gasteiger charge is -2.12. The predicted octanol–water partition coefficient (Wildman–Crippen LogP) is 5.01. The van der Waals surface area contributed by atoms with Crippen molar-refractivity contribution in [1.82, 2.24) is 24.7 Å². The lowest BCUT2D eigenvalue weighted by molar-refractivity contribution is -0.138. The van der Waals surface area contributed by atoms with E-state index in [1.807, 2.05) is 25.3 Å². The van der Waals surface area contributed by atoms with Gasteiger partial charge in [0.1, 0.15) is 0 Å². The molecule has 180 valence electrons. The third-order valence-electron chi connectivity index (χ3n) is 5.19. The van der Waals surface area contributed by atoms with Gasteiger partial charge >= 0.3 is 6.18 Å². The number of hydrogen-bond donors (Lipinski definition) is 2. The highest BCUT2D eigenvalue weighted by atomic mass is 19.4. The molecule has 1 amide bonds. The largest absolute Gasteiger partial charge is 0.418 e. The van der Waals surface area contributed by atoms with Gasteiger partial charge in [0.25, 0.3) is 0 Å². The maximum atomic E-state index is 13.1. The topological polar surface area (TPSA) is 97.6 Å². The summed E-state index contributed by atoms with van der Waals surface area (Å²) in [6.07, 6.45) is 3.59. The minimum Gasteiger partial charge on any atom is -0.324 e. The zero-order valence-corrected chi connectivity index (χ0v) is 19.0. The van der Waals surface area contributed by atoms with Crippen molar-refractivity contribution in [3.8, 4) is 11.1 Å². The van der Waals surface area contributed by atoms with Crippen LogP contribution >= 0.6 is 0 Å². The van der Waals surface area contributed by atoms with Gasteiger partial charge < -0.3 is 10.6 Å². The molecule has 0 aliphatic heterocycles. The van der Waals surface area contributed by atoms with E-state index in [1.165, 1.54) is 13.1 Å². The van der Waals surface area contributed by atoms with Crippen molar-refractivity contribution < 1.29 is 18.0 Å². The van der Waals surface area contributed by atoms with Crippen LogP contribution in [0.3, 0.4) is 0 Å². The third-order valence-corrected chi connectivity index (χ3v) is 5.19. The van der Waals surface area contributed by atoms with E-state index in [0.717, 1.165) is 29.4 Å². The lowest BCUT2D eigenvalue weighted by atomic mass is 10.0. The second kappa shape index (κ2) is 9.92.